The molecule has 0 bridgehead atoms. The quantitative estimate of drug-likeness (QED) is 0.849. The van der Waals surface area contributed by atoms with Crippen LogP contribution in [0.3, 0.4) is 0 Å². The Labute approximate surface area is 112 Å². The van der Waals surface area contributed by atoms with Crippen LogP contribution in [-0.4, -0.2) is 40.4 Å². The van der Waals surface area contributed by atoms with Crippen LogP contribution in [0, 0.1) is 0 Å². The van der Waals surface area contributed by atoms with E-state index in [9.17, 15) is 4.79 Å². The van der Waals surface area contributed by atoms with Gasteiger partial charge in [0.05, 0.1) is 23.9 Å². The first-order valence-corrected chi connectivity index (χ1v) is 6.62. The van der Waals surface area contributed by atoms with Crippen LogP contribution in [-0.2, 0) is 11.3 Å². The van der Waals surface area contributed by atoms with Gasteiger partial charge >= 0.3 is 0 Å². The highest BCUT2D eigenvalue weighted by atomic mass is 16.2. The molecule has 0 saturated heterocycles. The Hall–Kier alpha value is -1.88. The summed E-state index contributed by atoms with van der Waals surface area (Å²) >= 11 is 0. The minimum atomic E-state index is 0.136. The van der Waals surface area contributed by atoms with Gasteiger partial charge in [-0.1, -0.05) is 6.07 Å². The normalized spacial score (nSPS) is 14.8. The number of imidazole rings is 1. The molecule has 19 heavy (non-hydrogen) atoms. The molecule has 0 atom stereocenters. The van der Waals surface area contributed by atoms with Gasteiger partial charge in [0.1, 0.15) is 0 Å². The van der Waals surface area contributed by atoms with Crippen molar-refractivity contribution >= 4 is 16.9 Å². The first kappa shape index (κ1) is 12.2. The lowest BCUT2D eigenvalue weighted by Crippen LogP contribution is -2.35. The number of rotatable bonds is 5. The molecule has 1 aliphatic carbocycles. The highest BCUT2D eigenvalue weighted by Gasteiger charge is 2.22. The number of carbonyl (C=O) groups excluding carboxylic acids is 1. The van der Waals surface area contributed by atoms with Crippen molar-refractivity contribution in [3.05, 3.63) is 30.1 Å². The fourth-order valence-electron chi connectivity index (χ4n) is 2.10. The molecule has 1 saturated carbocycles. The smallest absolute Gasteiger partial charge is 0.236 e. The van der Waals surface area contributed by atoms with Gasteiger partial charge in [-0.2, -0.15) is 0 Å². The fourth-order valence-corrected chi connectivity index (χ4v) is 2.10. The lowest BCUT2D eigenvalue weighted by molar-refractivity contribution is -0.129. The summed E-state index contributed by atoms with van der Waals surface area (Å²) < 4.78 is 0. The highest BCUT2D eigenvalue weighted by molar-refractivity contribution is 5.78. The number of aromatic nitrogens is 2. The Kier molecular flexibility index (Phi) is 3.21. The monoisotopic (exact) mass is 258 g/mol. The van der Waals surface area contributed by atoms with E-state index in [1.165, 1.54) is 12.8 Å². The number of amides is 1. The Morgan fingerprint density at radius 2 is 2.37 bits per heavy atom. The van der Waals surface area contributed by atoms with E-state index in [2.05, 4.69) is 15.3 Å². The molecule has 5 heteroatoms. The topological polar surface area (TPSA) is 61.0 Å². The van der Waals surface area contributed by atoms with Crippen molar-refractivity contribution in [3.8, 4) is 0 Å². The van der Waals surface area contributed by atoms with Crippen LogP contribution in [0.5, 0.6) is 0 Å². The van der Waals surface area contributed by atoms with E-state index < -0.39 is 0 Å². The highest BCUT2D eigenvalue weighted by Crippen LogP contribution is 2.18. The fraction of sp³-hybridized carbons (Fsp3) is 0.429. The molecule has 2 aromatic rings. The van der Waals surface area contributed by atoms with Crippen molar-refractivity contribution < 1.29 is 4.79 Å². The second kappa shape index (κ2) is 5.01. The third-order valence-corrected chi connectivity index (χ3v) is 3.45. The molecule has 3 rings (SSSR count). The summed E-state index contributed by atoms with van der Waals surface area (Å²) in [4.78, 5) is 21.0. The lowest BCUT2D eigenvalue weighted by atomic mass is 10.2. The average molecular weight is 258 g/mol. The van der Waals surface area contributed by atoms with Gasteiger partial charge in [0, 0.05) is 19.6 Å². The van der Waals surface area contributed by atoms with Crippen molar-refractivity contribution in [1.29, 1.82) is 0 Å². The van der Waals surface area contributed by atoms with E-state index in [0.29, 0.717) is 19.1 Å². The van der Waals surface area contributed by atoms with Crippen LogP contribution in [0.15, 0.2) is 24.5 Å². The summed E-state index contributed by atoms with van der Waals surface area (Å²) in [5.41, 5.74) is 3.07. The molecule has 1 heterocycles. The van der Waals surface area contributed by atoms with Gasteiger partial charge < -0.3 is 15.2 Å². The zero-order chi connectivity index (χ0) is 13.2. The van der Waals surface area contributed by atoms with Crippen LogP contribution in [0.4, 0.5) is 0 Å². The molecule has 0 unspecified atom stereocenters. The van der Waals surface area contributed by atoms with E-state index in [0.717, 1.165) is 16.6 Å². The number of benzene rings is 1. The van der Waals surface area contributed by atoms with Gasteiger partial charge in [0.2, 0.25) is 5.91 Å². The average Bonchev–Trinajstić information content (AvgIpc) is 3.12. The van der Waals surface area contributed by atoms with Crippen LogP contribution in [0.25, 0.3) is 11.0 Å². The summed E-state index contributed by atoms with van der Waals surface area (Å²) in [7, 11) is 1.84. The van der Waals surface area contributed by atoms with Crippen molar-refractivity contribution in [3.63, 3.8) is 0 Å². The summed E-state index contributed by atoms with van der Waals surface area (Å²) in [6.07, 6.45) is 4.09. The molecule has 1 fully saturated rings. The van der Waals surface area contributed by atoms with E-state index in [1.807, 2.05) is 25.2 Å². The number of H-pyrrole nitrogens is 1. The van der Waals surface area contributed by atoms with Gasteiger partial charge in [-0.25, -0.2) is 4.98 Å². The maximum atomic E-state index is 11.9. The van der Waals surface area contributed by atoms with Gasteiger partial charge in [0.15, 0.2) is 0 Å². The summed E-state index contributed by atoms with van der Waals surface area (Å²) in [6.45, 7) is 1.06. The Morgan fingerprint density at radius 1 is 1.53 bits per heavy atom. The Morgan fingerprint density at radius 3 is 3.16 bits per heavy atom. The number of fused-ring (bicyclic) bond motifs is 1. The predicted molar refractivity (Wildman–Crippen MR) is 73.6 cm³/mol. The number of carbonyl (C=O) groups is 1. The van der Waals surface area contributed by atoms with Crippen LogP contribution < -0.4 is 5.32 Å². The Bertz CT molecular complexity index is 588. The van der Waals surface area contributed by atoms with Crippen molar-refractivity contribution in [2.45, 2.75) is 25.4 Å². The molecule has 0 spiro atoms. The maximum absolute atomic E-state index is 11.9. The number of nitrogens with zero attached hydrogens (tertiary/aromatic N) is 2. The number of hydrogen-bond acceptors (Lipinski definition) is 3. The first-order chi connectivity index (χ1) is 9.22. The van der Waals surface area contributed by atoms with Crippen LogP contribution in [0.1, 0.15) is 18.4 Å². The minimum Gasteiger partial charge on any atom is -0.345 e. The largest absolute Gasteiger partial charge is 0.345 e. The molecular formula is C14H18N4O. The summed E-state index contributed by atoms with van der Waals surface area (Å²) in [5.74, 6) is 0.136. The summed E-state index contributed by atoms with van der Waals surface area (Å²) in [6, 6.07) is 6.60. The standard InChI is InChI=1S/C14H18N4O/c1-18(14(19)7-15-11-3-4-11)8-10-2-5-12-13(6-10)17-9-16-12/h2,5-6,9,11,15H,3-4,7-8H2,1H3,(H,16,17). The minimum absolute atomic E-state index is 0.136. The molecule has 0 radical (unpaired) electrons. The third-order valence-electron chi connectivity index (χ3n) is 3.45. The van der Waals surface area contributed by atoms with Gasteiger partial charge in [-0.05, 0) is 30.5 Å². The second-order valence-electron chi connectivity index (χ2n) is 5.16. The molecule has 2 N–H and O–H groups in total. The molecule has 100 valence electrons. The third kappa shape index (κ3) is 2.93. The number of likely N-dealkylation sites (N-methyl/N-ethyl adjacent to an activating group) is 1. The van der Waals surface area contributed by atoms with Gasteiger partial charge in [-0.3, -0.25) is 4.79 Å². The van der Waals surface area contributed by atoms with Crippen molar-refractivity contribution in [2.75, 3.05) is 13.6 Å². The Balaban J connectivity index is 1.60. The zero-order valence-electron chi connectivity index (χ0n) is 11.0. The number of aromatic amines is 1. The zero-order valence-corrected chi connectivity index (χ0v) is 11.0. The van der Waals surface area contributed by atoms with E-state index >= 15 is 0 Å². The van der Waals surface area contributed by atoms with E-state index in [4.69, 9.17) is 0 Å². The summed E-state index contributed by atoms with van der Waals surface area (Å²) in [5, 5.41) is 3.24. The molecular weight excluding hydrogens is 240 g/mol. The van der Waals surface area contributed by atoms with Crippen molar-refractivity contribution in [2.24, 2.45) is 0 Å². The van der Waals surface area contributed by atoms with Gasteiger partial charge in [-0.15, -0.1) is 0 Å². The molecule has 1 aromatic carbocycles. The maximum Gasteiger partial charge on any atom is 0.236 e. The number of hydrogen-bond donors (Lipinski definition) is 2. The van der Waals surface area contributed by atoms with Crippen LogP contribution >= 0.6 is 0 Å². The van der Waals surface area contributed by atoms with Crippen molar-refractivity contribution in [1.82, 2.24) is 20.2 Å². The van der Waals surface area contributed by atoms with Crippen LogP contribution in [0.2, 0.25) is 0 Å². The lowest BCUT2D eigenvalue weighted by Gasteiger charge is -2.17. The number of nitrogens with one attached hydrogen (secondary N) is 2. The first-order valence-electron chi connectivity index (χ1n) is 6.62. The van der Waals surface area contributed by atoms with Gasteiger partial charge in [0.25, 0.3) is 0 Å². The van der Waals surface area contributed by atoms with E-state index in [-0.39, 0.29) is 5.91 Å². The van der Waals surface area contributed by atoms with E-state index in [1.54, 1.807) is 11.2 Å². The molecule has 1 amide bonds. The molecule has 5 nitrogen and oxygen atoms in total. The molecule has 1 aromatic heterocycles. The predicted octanol–water partition coefficient (Wildman–Crippen LogP) is 1.27. The molecule has 1 aliphatic rings. The second-order valence-corrected chi connectivity index (χ2v) is 5.16. The SMILES string of the molecule is CN(Cc1ccc2nc[nH]c2c1)C(=O)CNC1CC1. The molecule has 0 aliphatic heterocycles.